The molecule has 50 heavy (non-hydrogen) atoms. The van der Waals surface area contributed by atoms with Gasteiger partial charge >= 0.3 is 0 Å². The van der Waals surface area contributed by atoms with Crippen LogP contribution in [-0.4, -0.2) is 40.4 Å². The Labute approximate surface area is 299 Å². The summed E-state index contributed by atoms with van der Waals surface area (Å²) in [5.41, 5.74) is 4.42. The van der Waals surface area contributed by atoms with Gasteiger partial charge in [-0.2, -0.15) is 0 Å². The maximum atomic E-state index is 13.1. The third kappa shape index (κ3) is 9.33. The number of anilines is 2. The number of carbonyl (C=O) groups excluding carboxylic acids is 2. The second kappa shape index (κ2) is 18.9. The zero-order valence-corrected chi connectivity index (χ0v) is 31.6. The maximum absolute atomic E-state index is 13.1. The molecule has 9 heteroatoms. The first-order chi connectivity index (χ1) is 24.2. The van der Waals surface area contributed by atoms with Crippen LogP contribution in [0, 0.1) is 6.92 Å². The summed E-state index contributed by atoms with van der Waals surface area (Å²) in [7, 11) is -2.20. The van der Waals surface area contributed by atoms with E-state index in [2.05, 4.69) is 13.8 Å². The van der Waals surface area contributed by atoms with E-state index in [0.717, 1.165) is 35.2 Å². The van der Waals surface area contributed by atoms with Gasteiger partial charge in [-0.15, -0.1) is 0 Å². The molecule has 0 bridgehead atoms. The molecule has 0 aromatic heterocycles. The molecule has 0 radical (unpaired) electrons. The lowest BCUT2D eigenvalue weighted by Crippen LogP contribution is -2.24. The average Bonchev–Trinajstić information content (AvgIpc) is 3.78. The molecule has 0 N–H and O–H groups in total. The van der Waals surface area contributed by atoms with E-state index in [-0.39, 0.29) is 21.6 Å². The Hall–Kier alpha value is -4.63. The lowest BCUT2D eigenvalue weighted by molar-refractivity contribution is -0.117. The molecule has 4 aromatic carbocycles. The number of carbonyl (C=O) groups is 2. The van der Waals surface area contributed by atoms with Gasteiger partial charge in [-0.3, -0.25) is 9.59 Å². The molecule has 8 nitrogen and oxygen atoms in total. The van der Waals surface area contributed by atoms with Crippen molar-refractivity contribution in [1.29, 1.82) is 0 Å². The predicted molar refractivity (Wildman–Crippen MR) is 203 cm³/mol. The van der Waals surface area contributed by atoms with Gasteiger partial charge in [0.1, 0.15) is 11.5 Å². The molecule has 268 valence electrons. The first-order valence-corrected chi connectivity index (χ1v) is 19.2. The molecule has 0 aliphatic carbocycles. The Bertz CT molecular complexity index is 1820. The summed E-state index contributed by atoms with van der Waals surface area (Å²) >= 11 is 0. The largest absolute Gasteiger partial charge is 0.497 e. The minimum atomic E-state index is -3.72. The number of aryl methyl sites for hydroxylation is 1. The van der Waals surface area contributed by atoms with Gasteiger partial charge in [0.05, 0.1) is 22.6 Å². The number of sulfone groups is 1. The van der Waals surface area contributed by atoms with Crippen LogP contribution in [0.2, 0.25) is 0 Å². The van der Waals surface area contributed by atoms with Crippen LogP contribution < -0.4 is 19.3 Å². The highest BCUT2D eigenvalue weighted by Gasteiger charge is 2.27. The Balaban J connectivity index is 0.000000902. The minimum Gasteiger partial charge on any atom is -0.497 e. The standard InChI is InChI=1S/C34H32N2O6S.C3H8.2C2H6/c1-23-7-8-24(21-30(23)35-19-3-5-33(35)37)25-9-18-32(31(22-25)36-20-4-6-34(36)38)42-27-12-16-29(17-13-27)43(39,40)28-14-10-26(41-2)11-15-28;1-3-2;2*1-2/h7-18,21-22H,3-6,19-20H2,1-2H3;3H2,1-2H3;2*1-2H3. The van der Waals surface area contributed by atoms with Crippen LogP contribution >= 0.6 is 0 Å². The fourth-order valence-electron chi connectivity index (χ4n) is 5.58. The number of hydrogen-bond donors (Lipinski definition) is 0. The quantitative estimate of drug-likeness (QED) is 0.182. The molecule has 2 aliphatic rings. The molecular formula is C41H52N2O6S. The van der Waals surface area contributed by atoms with Gasteiger partial charge in [0.15, 0.2) is 5.75 Å². The first-order valence-electron chi connectivity index (χ1n) is 17.7. The highest BCUT2D eigenvalue weighted by Crippen LogP contribution is 2.40. The van der Waals surface area contributed by atoms with Crippen LogP contribution in [-0.2, 0) is 19.4 Å². The molecule has 0 saturated carbocycles. The fraction of sp³-hybridized carbons (Fsp3) is 0.366. The average molecular weight is 701 g/mol. The van der Waals surface area contributed by atoms with Gasteiger partial charge in [0.25, 0.3) is 0 Å². The van der Waals surface area contributed by atoms with Crippen molar-refractivity contribution in [2.24, 2.45) is 0 Å². The monoisotopic (exact) mass is 700 g/mol. The number of ether oxygens (including phenoxy) is 2. The fourth-order valence-corrected chi connectivity index (χ4v) is 6.85. The SMILES string of the molecule is CC.CC.CCC.COc1ccc(S(=O)(=O)c2ccc(Oc3ccc(-c4ccc(C)c(N5CCCC5=O)c4)cc3N3CCCC3=O)cc2)cc1. The number of methoxy groups -OCH3 is 1. The van der Waals surface area contributed by atoms with Crippen molar-refractivity contribution < 1.29 is 27.5 Å². The number of rotatable bonds is 8. The van der Waals surface area contributed by atoms with Gasteiger partial charge in [-0.25, -0.2) is 8.42 Å². The normalized spacial score (nSPS) is 13.8. The second-order valence-corrected chi connectivity index (χ2v) is 13.4. The lowest BCUT2D eigenvalue weighted by Gasteiger charge is -2.22. The van der Waals surface area contributed by atoms with Crippen LogP contribution in [0.3, 0.4) is 0 Å². The molecule has 2 amide bonds. The van der Waals surface area contributed by atoms with E-state index in [9.17, 15) is 18.0 Å². The molecule has 2 heterocycles. The van der Waals surface area contributed by atoms with Gasteiger partial charge in [-0.05, 0) is 103 Å². The summed E-state index contributed by atoms with van der Waals surface area (Å²) in [4.78, 5) is 29.2. The summed E-state index contributed by atoms with van der Waals surface area (Å²) in [6.45, 7) is 15.5. The second-order valence-electron chi connectivity index (χ2n) is 11.4. The van der Waals surface area contributed by atoms with Gasteiger partial charge in [-0.1, -0.05) is 66.2 Å². The van der Waals surface area contributed by atoms with Crippen LogP contribution in [0.4, 0.5) is 11.4 Å². The summed E-state index contributed by atoms with van der Waals surface area (Å²) < 4.78 is 37.7. The van der Waals surface area contributed by atoms with Crippen LogP contribution in [0.5, 0.6) is 17.2 Å². The number of benzene rings is 4. The van der Waals surface area contributed by atoms with Crippen molar-refractivity contribution in [3.05, 3.63) is 90.5 Å². The Morgan fingerprint density at radius 3 is 1.54 bits per heavy atom. The smallest absolute Gasteiger partial charge is 0.227 e. The van der Waals surface area contributed by atoms with Crippen molar-refractivity contribution in [3.63, 3.8) is 0 Å². The van der Waals surface area contributed by atoms with E-state index in [1.165, 1.54) is 37.8 Å². The number of hydrogen-bond acceptors (Lipinski definition) is 6. The zero-order chi connectivity index (χ0) is 36.8. The van der Waals surface area contributed by atoms with E-state index in [1.807, 2.05) is 75.9 Å². The Kier molecular flexibility index (Phi) is 15.1. The number of nitrogens with zero attached hydrogens (tertiary/aromatic N) is 2. The molecule has 0 atom stereocenters. The summed E-state index contributed by atoms with van der Waals surface area (Å²) in [6, 6.07) is 24.3. The topological polar surface area (TPSA) is 93.2 Å². The summed E-state index contributed by atoms with van der Waals surface area (Å²) in [5.74, 6) is 1.67. The molecule has 2 fully saturated rings. The van der Waals surface area contributed by atoms with Crippen molar-refractivity contribution >= 4 is 33.0 Å². The van der Waals surface area contributed by atoms with Crippen molar-refractivity contribution in [2.45, 2.75) is 90.4 Å². The molecule has 4 aromatic rings. The molecule has 2 saturated heterocycles. The van der Waals surface area contributed by atoms with Gasteiger partial charge in [0.2, 0.25) is 21.7 Å². The van der Waals surface area contributed by atoms with E-state index in [0.29, 0.717) is 48.9 Å². The van der Waals surface area contributed by atoms with Crippen LogP contribution in [0.15, 0.2) is 94.7 Å². The van der Waals surface area contributed by atoms with Crippen molar-refractivity contribution in [1.82, 2.24) is 0 Å². The van der Waals surface area contributed by atoms with E-state index in [1.54, 1.807) is 29.2 Å². The third-order valence-electron chi connectivity index (χ3n) is 7.96. The first kappa shape index (κ1) is 39.8. The highest BCUT2D eigenvalue weighted by atomic mass is 32.2. The molecule has 2 aliphatic heterocycles. The summed E-state index contributed by atoms with van der Waals surface area (Å²) in [5, 5.41) is 0. The Morgan fingerprint density at radius 2 is 1.08 bits per heavy atom. The highest BCUT2D eigenvalue weighted by molar-refractivity contribution is 7.91. The third-order valence-corrected chi connectivity index (χ3v) is 9.75. The van der Waals surface area contributed by atoms with E-state index < -0.39 is 9.84 Å². The molecule has 0 spiro atoms. The summed E-state index contributed by atoms with van der Waals surface area (Å²) in [6.07, 6.45) is 3.88. The van der Waals surface area contributed by atoms with Gasteiger partial charge in [0, 0.05) is 31.6 Å². The van der Waals surface area contributed by atoms with Crippen LogP contribution in [0.1, 0.15) is 79.2 Å². The lowest BCUT2D eigenvalue weighted by atomic mass is 10.0. The van der Waals surface area contributed by atoms with Crippen molar-refractivity contribution in [3.8, 4) is 28.4 Å². The van der Waals surface area contributed by atoms with E-state index >= 15 is 0 Å². The Morgan fingerprint density at radius 1 is 0.640 bits per heavy atom. The van der Waals surface area contributed by atoms with E-state index in [4.69, 9.17) is 9.47 Å². The molecule has 0 unspecified atom stereocenters. The van der Waals surface area contributed by atoms with Crippen LogP contribution in [0.25, 0.3) is 11.1 Å². The molecule has 6 rings (SSSR count). The molecular weight excluding hydrogens is 649 g/mol. The number of amides is 2. The van der Waals surface area contributed by atoms with Gasteiger partial charge < -0.3 is 19.3 Å². The van der Waals surface area contributed by atoms with Crippen molar-refractivity contribution in [2.75, 3.05) is 30.0 Å². The minimum absolute atomic E-state index is 0.0233. The zero-order valence-electron chi connectivity index (χ0n) is 30.8. The maximum Gasteiger partial charge on any atom is 0.227 e. The predicted octanol–water partition coefficient (Wildman–Crippen LogP) is 10.0.